The summed E-state index contributed by atoms with van der Waals surface area (Å²) in [5.41, 5.74) is -0.841. The van der Waals surface area contributed by atoms with Crippen LogP contribution >= 0.6 is 0 Å². The Morgan fingerprint density at radius 2 is 1.95 bits per heavy atom. The molecule has 2 heterocycles. The fourth-order valence-corrected chi connectivity index (χ4v) is 2.84. The number of urea groups is 1. The number of carboxylic acids is 1. The minimum atomic E-state index is -0.856. The normalized spacial score (nSPS) is 29.6. The van der Waals surface area contributed by atoms with Crippen molar-refractivity contribution in [1.29, 1.82) is 0 Å². The quantitative estimate of drug-likeness (QED) is 0.753. The Kier molecular flexibility index (Phi) is 3.87. The first-order valence-corrected chi connectivity index (χ1v) is 6.86. The molecule has 2 saturated heterocycles. The minimum Gasteiger partial charge on any atom is -0.481 e. The second kappa shape index (κ2) is 5.30. The molecule has 0 aromatic heterocycles. The first kappa shape index (κ1) is 14.6. The van der Waals surface area contributed by atoms with E-state index >= 15 is 0 Å². The number of likely N-dealkylation sites (tertiary alicyclic amines) is 2. The lowest BCUT2D eigenvalue weighted by atomic mass is 9.90. The van der Waals surface area contributed by atoms with Gasteiger partial charge in [0.15, 0.2) is 0 Å². The van der Waals surface area contributed by atoms with Crippen LogP contribution < -0.4 is 5.32 Å². The van der Waals surface area contributed by atoms with E-state index in [1.165, 1.54) is 6.92 Å². The van der Waals surface area contributed by atoms with Crippen LogP contribution in [-0.4, -0.2) is 65.0 Å². The molecule has 2 aliphatic heterocycles. The summed E-state index contributed by atoms with van der Waals surface area (Å²) < 4.78 is 0. The van der Waals surface area contributed by atoms with E-state index in [-0.39, 0.29) is 24.5 Å². The van der Waals surface area contributed by atoms with Crippen LogP contribution in [0.5, 0.6) is 0 Å². The highest BCUT2D eigenvalue weighted by Gasteiger charge is 2.43. The van der Waals surface area contributed by atoms with Crippen LogP contribution in [0.4, 0.5) is 4.79 Å². The van der Waals surface area contributed by atoms with E-state index < -0.39 is 11.4 Å². The highest BCUT2D eigenvalue weighted by atomic mass is 16.4. The van der Waals surface area contributed by atoms with Crippen molar-refractivity contribution in [3.8, 4) is 0 Å². The third-order valence-corrected chi connectivity index (χ3v) is 4.13. The predicted molar refractivity (Wildman–Crippen MR) is 71.1 cm³/mol. The Labute approximate surface area is 117 Å². The van der Waals surface area contributed by atoms with E-state index in [4.69, 9.17) is 0 Å². The molecule has 0 spiro atoms. The van der Waals surface area contributed by atoms with E-state index in [0.29, 0.717) is 26.1 Å². The number of amides is 3. The average molecular weight is 283 g/mol. The largest absolute Gasteiger partial charge is 0.481 e. The maximum absolute atomic E-state index is 12.3. The number of carboxylic acid groups (broad SMARTS) is 1. The molecule has 7 nitrogen and oxygen atoms in total. The van der Waals surface area contributed by atoms with Crippen molar-refractivity contribution in [2.24, 2.45) is 5.41 Å². The number of aliphatic carboxylic acids is 1. The molecular formula is C13H21N3O4. The topological polar surface area (TPSA) is 90.0 Å². The van der Waals surface area contributed by atoms with Gasteiger partial charge in [0.2, 0.25) is 5.91 Å². The Morgan fingerprint density at radius 3 is 2.50 bits per heavy atom. The molecular weight excluding hydrogens is 262 g/mol. The van der Waals surface area contributed by atoms with Crippen molar-refractivity contribution in [3.05, 3.63) is 0 Å². The van der Waals surface area contributed by atoms with Crippen LogP contribution in [-0.2, 0) is 9.59 Å². The number of nitrogens with one attached hydrogen (secondary N) is 1. The van der Waals surface area contributed by atoms with E-state index in [9.17, 15) is 19.5 Å². The number of hydrogen-bond donors (Lipinski definition) is 2. The molecule has 0 aliphatic carbocycles. The maximum atomic E-state index is 12.3. The van der Waals surface area contributed by atoms with E-state index in [0.717, 1.165) is 6.42 Å². The van der Waals surface area contributed by atoms with Gasteiger partial charge in [-0.1, -0.05) is 0 Å². The molecule has 0 bridgehead atoms. The Bertz CT molecular complexity index is 439. The second-order valence-electron chi connectivity index (χ2n) is 5.95. The zero-order chi connectivity index (χ0) is 14.9. The number of carbonyl (C=O) groups is 3. The van der Waals surface area contributed by atoms with Crippen LogP contribution in [0.2, 0.25) is 0 Å². The molecule has 2 N–H and O–H groups in total. The van der Waals surface area contributed by atoms with Gasteiger partial charge in [-0.3, -0.25) is 9.59 Å². The van der Waals surface area contributed by atoms with Gasteiger partial charge in [0, 0.05) is 39.1 Å². The number of hydrogen-bond acceptors (Lipinski definition) is 3. The van der Waals surface area contributed by atoms with Gasteiger partial charge in [-0.25, -0.2) is 4.79 Å². The van der Waals surface area contributed by atoms with Gasteiger partial charge in [0.05, 0.1) is 5.41 Å². The fourth-order valence-electron chi connectivity index (χ4n) is 2.84. The molecule has 7 heteroatoms. The van der Waals surface area contributed by atoms with Crippen LogP contribution in [0.25, 0.3) is 0 Å². The fraction of sp³-hybridized carbons (Fsp3) is 0.769. The van der Waals surface area contributed by atoms with Gasteiger partial charge in [0.1, 0.15) is 0 Å². The predicted octanol–water partition coefficient (Wildman–Crippen LogP) is 0.113. The zero-order valence-corrected chi connectivity index (χ0v) is 11.9. The smallest absolute Gasteiger partial charge is 0.320 e. The standard InChI is InChI=1S/C13H21N3O4/c1-9(17)14-10-3-5-15(7-10)12(20)16-6-4-13(2,8-16)11(18)19/h10H,3-8H2,1-2H3,(H,14,17)(H,18,19). The average Bonchev–Trinajstić information content (AvgIpc) is 2.95. The third-order valence-electron chi connectivity index (χ3n) is 4.13. The highest BCUT2D eigenvalue weighted by Crippen LogP contribution is 2.31. The lowest BCUT2D eigenvalue weighted by molar-refractivity contribution is -0.147. The monoisotopic (exact) mass is 283 g/mol. The maximum Gasteiger partial charge on any atom is 0.320 e. The van der Waals surface area contributed by atoms with Gasteiger partial charge in [-0.2, -0.15) is 0 Å². The summed E-state index contributed by atoms with van der Waals surface area (Å²) in [6.07, 6.45) is 1.23. The number of carbonyl (C=O) groups excluding carboxylic acids is 2. The second-order valence-corrected chi connectivity index (χ2v) is 5.95. The van der Waals surface area contributed by atoms with Crippen LogP contribution in [0, 0.1) is 5.41 Å². The first-order valence-electron chi connectivity index (χ1n) is 6.86. The van der Waals surface area contributed by atoms with Crippen LogP contribution in [0.1, 0.15) is 26.7 Å². The summed E-state index contributed by atoms with van der Waals surface area (Å²) >= 11 is 0. The van der Waals surface area contributed by atoms with E-state index in [1.54, 1.807) is 16.7 Å². The van der Waals surface area contributed by atoms with Crippen LogP contribution in [0.15, 0.2) is 0 Å². The molecule has 2 aliphatic rings. The summed E-state index contributed by atoms with van der Waals surface area (Å²) in [6, 6.07) is -0.118. The third kappa shape index (κ3) is 2.86. The van der Waals surface area contributed by atoms with Crippen molar-refractivity contribution in [1.82, 2.24) is 15.1 Å². The summed E-state index contributed by atoms with van der Waals surface area (Å²) in [4.78, 5) is 37.8. The molecule has 2 fully saturated rings. The summed E-state index contributed by atoms with van der Waals surface area (Å²) in [5.74, 6) is -0.950. The molecule has 2 rings (SSSR count). The van der Waals surface area contributed by atoms with Gasteiger partial charge < -0.3 is 20.2 Å². The van der Waals surface area contributed by atoms with Crippen molar-refractivity contribution in [2.45, 2.75) is 32.7 Å². The van der Waals surface area contributed by atoms with Crippen molar-refractivity contribution in [2.75, 3.05) is 26.2 Å². The molecule has 2 unspecified atom stereocenters. The molecule has 0 aromatic rings. The molecule has 20 heavy (non-hydrogen) atoms. The van der Waals surface area contributed by atoms with Crippen molar-refractivity contribution < 1.29 is 19.5 Å². The van der Waals surface area contributed by atoms with Gasteiger partial charge in [-0.05, 0) is 19.8 Å². The van der Waals surface area contributed by atoms with E-state index in [1.807, 2.05) is 0 Å². The summed E-state index contributed by atoms with van der Waals surface area (Å²) in [7, 11) is 0. The Balaban J connectivity index is 1.90. The zero-order valence-electron chi connectivity index (χ0n) is 11.9. The molecule has 3 amide bonds. The Morgan fingerprint density at radius 1 is 1.25 bits per heavy atom. The summed E-state index contributed by atoms with van der Waals surface area (Å²) in [6.45, 7) is 4.96. The Hall–Kier alpha value is -1.79. The lowest BCUT2D eigenvalue weighted by Crippen LogP contribution is -2.44. The molecule has 0 aromatic carbocycles. The minimum absolute atomic E-state index is 0.00455. The van der Waals surface area contributed by atoms with Crippen molar-refractivity contribution in [3.63, 3.8) is 0 Å². The van der Waals surface area contributed by atoms with Gasteiger partial charge in [0.25, 0.3) is 0 Å². The SMILES string of the molecule is CC(=O)NC1CCN(C(=O)N2CCC(C)(C(=O)O)C2)C1. The summed E-state index contributed by atoms with van der Waals surface area (Å²) in [5, 5.41) is 12.0. The first-order chi connectivity index (χ1) is 9.32. The van der Waals surface area contributed by atoms with E-state index in [2.05, 4.69) is 5.32 Å². The lowest BCUT2D eigenvalue weighted by Gasteiger charge is -2.25. The molecule has 2 atom stereocenters. The van der Waals surface area contributed by atoms with Gasteiger partial charge >= 0.3 is 12.0 Å². The highest BCUT2D eigenvalue weighted by molar-refractivity contribution is 5.80. The molecule has 0 radical (unpaired) electrons. The number of nitrogens with zero attached hydrogens (tertiary/aromatic N) is 2. The van der Waals surface area contributed by atoms with Crippen LogP contribution in [0.3, 0.4) is 0 Å². The van der Waals surface area contributed by atoms with Crippen molar-refractivity contribution >= 4 is 17.9 Å². The van der Waals surface area contributed by atoms with Gasteiger partial charge in [-0.15, -0.1) is 0 Å². The molecule has 0 saturated carbocycles. The molecule has 112 valence electrons. The number of rotatable bonds is 2.